The van der Waals surface area contributed by atoms with Crippen LogP contribution in [0.5, 0.6) is 0 Å². The largest absolute Gasteiger partial charge is 0.388 e. The molecule has 2 aromatic rings. The summed E-state index contributed by atoms with van der Waals surface area (Å²) in [7, 11) is 1.78. The van der Waals surface area contributed by atoms with Gasteiger partial charge in [0.1, 0.15) is 17.3 Å². The molecule has 21 heavy (non-hydrogen) atoms. The standard InChI is InChI=1S/C14H22ClN5O/c1-5-6-20-11(16-8-17-20)7-10(21)12-13(9(2)3)18-19(4)14(12)15/h8-10,21H,5-7H2,1-4H3. The molecule has 0 bridgehead atoms. The van der Waals surface area contributed by atoms with Crippen LogP contribution in [0.1, 0.15) is 56.3 Å². The lowest BCUT2D eigenvalue weighted by molar-refractivity contribution is 0.172. The zero-order valence-electron chi connectivity index (χ0n) is 12.9. The highest BCUT2D eigenvalue weighted by atomic mass is 35.5. The van der Waals surface area contributed by atoms with Crippen molar-refractivity contribution < 1.29 is 5.11 Å². The van der Waals surface area contributed by atoms with Crippen molar-refractivity contribution in [2.45, 2.75) is 52.2 Å². The topological polar surface area (TPSA) is 68.8 Å². The van der Waals surface area contributed by atoms with Crippen LogP contribution in [0.15, 0.2) is 6.33 Å². The van der Waals surface area contributed by atoms with E-state index in [0.717, 1.165) is 24.5 Å². The van der Waals surface area contributed by atoms with Crippen LogP contribution in [0.25, 0.3) is 0 Å². The molecule has 1 atom stereocenters. The van der Waals surface area contributed by atoms with Gasteiger partial charge in [0.2, 0.25) is 0 Å². The van der Waals surface area contributed by atoms with Crippen molar-refractivity contribution >= 4 is 11.6 Å². The van der Waals surface area contributed by atoms with Gasteiger partial charge in [-0.2, -0.15) is 10.2 Å². The predicted octanol–water partition coefficient (Wildman–Crippen LogP) is 2.47. The summed E-state index contributed by atoms with van der Waals surface area (Å²) in [5.74, 6) is 0.959. The van der Waals surface area contributed by atoms with Crippen LogP contribution in [0, 0.1) is 0 Å². The maximum Gasteiger partial charge on any atom is 0.138 e. The number of aliphatic hydroxyl groups is 1. The van der Waals surface area contributed by atoms with E-state index in [1.807, 2.05) is 18.5 Å². The number of halogens is 1. The van der Waals surface area contributed by atoms with Gasteiger partial charge in [0, 0.05) is 25.6 Å². The van der Waals surface area contributed by atoms with Gasteiger partial charge >= 0.3 is 0 Å². The number of nitrogens with zero attached hydrogens (tertiary/aromatic N) is 5. The Morgan fingerprint density at radius 3 is 2.71 bits per heavy atom. The van der Waals surface area contributed by atoms with Crippen LogP contribution in [0.3, 0.4) is 0 Å². The van der Waals surface area contributed by atoms with Crippen molar-refractivity contribution in [3.05, 3.63) is 28.6 Å². The molecule has 2 heterocycles. The maximum atomic E-state index is 10.6. The maximum absolute atomic E-state index is 10.6. The van der Waals surface area contributed by atoms with Crippen LogP contribution < -0.4 is 0 Å². The second-order valence-electron chi connectivity index (χ2n) is 5.49. The Hall–Kier alpha value is -1.40. The van der Waals surface area contributed by atoms with E-state index < -0.39 is 6.10 Å². The molecule has 0 spiro atoms. The summed E-state index contributed by atoms with van der Waals surface area (Å²) in [6.07, 6.45) is 2.14. The van der Waals surface area contributed by atoms with E-state index in [9.17, 15) is 5.11 Å². The Balaban J connectivity index is 2.28. The lowest BCUT2D eigenvalue weighted by Gasteiger charge is -2.13. The molecule has 0 amide bonds. The third-order valence-electron chi connectivity index (χ3n) is 3.43. The second kappa shape index (κ2) is 6.58. The summed E-state index contributed by atoms with van der Waals surface area (Å²) < 4.78 is 3.43. The number of aromatic nitrogens is 5. The number of hydrogen-bond donors (Lipinski definition) is 1. The molecule has 0 aliphatic rings. The van der Waals surface area contributed by atoms with E-state index in [1.54, 1.807) is 11.7 Å². The third kappa shape index (κ3) is 3.27. The minimum atomic E-state index is -0.733. The first-order valence-electron chi connectivity index (χ1n) is 7.22. The first kappa shape index (κ1) is 16.0. The van der Waals surface area contributed by atoms with Crippen molar-refractivity contribution in [1.82, 2.24) is 24.5 Å². The van der Waals surface area contributed by atoms with Gasteiger partial charge in [-0.05, 0) is 12.3 Å². The Morgan fingerprint density at radius 2 is 2.10 bits per heavy atom. The highest BCUT2D eigenvalue weighted by Crippen LogP contribution is 2.32. The fourth-order valence-electron chi connectivity index (χ4n) is 2.39. The van der Waals surface area contributed by atoms with Crippen LogP contribution >= 0.6 is 11.6 Å². The predicted molar refractivity (Wildman–Crippen MR) is 81.3 cm³/mol. The monoisotopic (exact) mass is 311 g/mol. The molecule has 0 aliphatic heterocycles. The first-order chi connectivity index (χ1) is 9.95. The van der Waals surface area contributed by atoms with Gasteiger partial charge in [-0.25, -0.2) is 4.98 Å². The van der Waals surface area contributed by atoms with Crippen LogP contribution in [0.4, 0.5) is 0 Å². The molecule has 116 valence electrons. The third-order valence-corrected chi connectivity index (χ3v) is 3.88. The van der Waals surface area contributed by atoms with Gasteiger partial charge < -0.3 is 5.11 Å². The smallest absolute Gasteiger partial charge is 0.138 e. The zero-order valence-corrected chi connectivity index (χ0v) is 13.7. The molecule has 1 N–H and O–H groups in total. The van der Waals surface area contributed by atoms with E-state index >= 15 is 0 Å². The Morgan fingerprint density at radius 1 is 1.38 bits per heavy atom. The van der Waals surface area contributed by atoms with Gasteiger partial charge in [0.15, 0.2) is 0 Å². The number of aryl methyl sites for hydroxylation is 2. The highest BCUT2D eigenvalue weighted by molar-refractivity contribution is 6.30. The molecule has 6 nitrogen and oxygen atoms in total. The number of aliphatic hydroxyl groups excluding tert-OH is 1. The molecule has 0 aromatic carbocycles. The van der Waals surface area contributed by atoms with Crippen LogP contribution in [-0.4, -0.2) is 29.7 Å². The van der Waals surface area contributed by atoms with Crippen molar-refractivity contribution in [2.24, 2.45) is 7.05 Å². The van der Waals surface area contributed by atoms with E-state index in [1.165, 1.54) is 6.33 Å². The highest BCUT2D eigenvalue weighted by Gasteiger charge is 2.25. The number of rotatable bonds is 6. The Labute approximate surface area is 129 Å². The van der Waals surface area contributed by atoms with Gasteiger partial charge in [0.25, 0.3) is 0 Å². The molecule has 2 aromatic heterocycles. The summed E-state index contributed by atoms with van der Waals surface area (Å²) in [5, 5.41) is 19.6. The summed E-state index contributed by atoms with van der Waals surface area (Å²) in [6, 6.07) is 0. The summed E-state index contributed by atoms with van der Waals surface area (Å²) in [5.41, 5.74) is 1.52. The Bertz CT molecular complexity index is 605. The van der Waals surface area contributed by atoms with Crippen LogP contribution in [0.2, 0.25) is 5.15 Å². The Kier molecular flexibility index (Phi) is 5.00. The number of hydrogen-bond acceptors (Lipinski definition) is 4. The molecular weight excluding hydrogens is 290 g/mol. The lowest BCUT2D eigenvalue weighted by atomic mass is 10.0. The van der Waals surface area contributed by atoms with Crippen molar-refractivity contribution in [3.63, 3.8) is 0 Å². The summed E-state index contributed by atoms with van der Waals surface area (Å²) >= 11 is 6.29. The van der Waals surface area contributed by atoms with Gasteiger partial charge in [0.05, 0.1) is 11.8 Å². The first-order valence-corrected chi connectivity index (χ1v) is 7.60. The molecule has 0 fully saturated rings. The minimum absolute atomic E-state index is 0.196. The normalized spacial score (nSPS) is 13.1. The molecule has 0 saturated heterocycles. The van der Waals surface area contributed by atoms with Crippen molar-refractivity contribution in [1.29, 1.82) is 0 Å². The van der Waals surface area contributed by atoms with Gasteiger partial charge in [-0.1, -0.05) is 32.4 Å². The SMILES string of the molecule is CCCn1ncnc1CC(O)c1c(C(C)C)nn(C)c1Cl. The van der Waals surface area contributed by atoms with Gasteiger partial charge in [-0.3, -0.25) is 9.36 Å². The fraction of sp³-hybridized carbons (Fsp3) is 0.643. The van der Waals surface area contributed by atoms with E-state index in [4.69, 9.17) is 11.6 Å². The molecular formula is C14H22ClN5O. The minimum Gasteiger partial charge on any atom is -0.388 e. The van der Waals surface area contributed by atoms with Crippen molar-refractivity contribution in [2.75, 3.05) is 0 Å². The molecule has 1 unspecified atom stereocenters. The van der Waals surface area contributed by atoms with E-state index in [-0.39, 0.29) is 5.92 Å². The fourth-order valence-corrected chi connectivity index (χ4v) is 2.65. The second-order valence-corrected chi connectivity index (χ2v) is 5.85. The molecule has 0 aliphatic carbocycles. The van der Waals surface area contributed by atoms with Gasteiger partial charge in [-0.15, -0.1) is 0 Å². The molecule has 0 saturated carbocycles. The summed E-state index contributed by atoms with van der Waals surface area (Å²) in [6.45, 7) is 6.94. The molecule has 0 radical (unpaired) electrons. The van der Waals surface area contributed by atoms with E-state index in [0.29, 0.717) is 17.1 Å². The molecule has 7 heteroatoms. The van der Waals surface area contributed by atoms with Crippen LogP contribution in [-0.2, 0) is 20.0 Å². The average Bonchev–Trinajstić information content (AvgIpc) is 2.96. The van der Waals surface area contributed by atoms with E-state index in [2.05, 4.69) is 22.1 Å². The lowest BCUT2D eigenvalue weighted by Crippen LogP contribution is -2.12. The molecule has 2 rings (SSSR count). The van der Waals surface area contributed by atoms with Crippen molar-refractivity contribution in [3.8, 4) is 0 Å². The average molecular weight is 312 g/mol. The zero-order chi connectivity index (χ0) is 15.6. The summed E-state index contributed by atoms with van der Waals surface area (Å²) in [4.78, 5) is 4.23. The quantitative estimate of drug-likeness (QED) is 0.890.